The topological polar surface area (TPSA) is 47.0 Å². The standard InChI is InChI=1S/C11H18ClN3O/c1-11(2,4-5-16-3)8-13-9-6-10(12)15-14-7-9/h6-7H,4-5,8H2,1-3H3,(H,13,15). The van der Waals surface area contributed by atoms with Gasteiger partial charge in [0.15, 0.2) is 5.15 Å². The summed E-state index contributed by atoms with van der Waals surface area (Å²) in [7, 11) is 1.72. The van der Waals surface area contributed by atoms with Gasteiger partial charge < -0.3 is 10.1 Å². The zero-order valence-corrected chi connectivity index (χ0v) is 10.7. The Bertz CT molecular complexity index is 331. The summed E-state index contributed by atoms with van der Waals surface area (Å²) in [4.78, 5) is 0. The molecular weight excluding hydrogens is 226 g/mol. The van der Waals surface area contributed by atoms with E-state index in [1.807, 2.05) is 0 Å². The van der Waals surface area contributed by atoms with Gasteiger partial charge in [-0.25, -0.2) is 0 Å². The van der Waals surface area contributed by atoms with Gasteiger partial charge >= 0.3 is 0 Å². The summed E-state index contributed by atoms with van der Waals surface area (Å²) in [5, 5.41) is 11.2. The van der Waals surface area contributed by atoms with E-state index in [4.69, 9.17) is 16.3 Å². The molecule has 4 nitrogen and oxygen atoms in total. The number of methoxy groups -OCH3 is 1. The zero-order chi connectivity index (χ0) is 12.0. The van der Waals surface area contributed by atoms with E-state index in [0.29, 0.717) is 5.15 Å². The summed E-state index contributed by atoms with van der Waals surface area (Å²) in [6, 6.07) is 1.76. The molecule has 90 valence electrons. The van der Waals surface area contributed by atoms with E-state index < -0.39 is 0 Å². The van der Waals surface area contributed by atoms with Gasteiger partial charge in [0.2, 0.25) is 0 Å². The highest BCUT2D eigenvalue weighted by molar-refractivity contribution is 6.29. The fraction of sp³-hybridized carbons (Fsp3) is 0.636. The number of halogens is 1. The van der Waals surface area contributed by atoms with Gasteiger partial charge in [-0.2, -0.15) is 5.10 Å². The van der Waals surface area contributed by atoms with Crippen LogP contribution in [0, 0.1) is 5.41 Å². The first kappa shape index (κ1) is 13.2. The number of hydrogen-bond donors (Lipinski definition) is 1. The fourth-order valence-electron chi connectivity index (χ4n) is 1.25. The first-order valence-electron chi connectivity index (χ1n) is 5.24. The molecule has 0 amide bonds. The van der Waals surface area contributed by atoms with Crippen LogP contribution >= 0.6 is 11.6 Å². The van der Waals surface area contributed by atoms with Crippen molar-refractivity contribution in [3.05, 3.63) is 17.4 Å². The molecule has 0 spiro atoms. The lowest BCUT2D eigenvalue weighted by Gasteiger charge is -2.25. The van der Waals surface area contributed by atoms with Crippen molar-refractivity contribution in [3.63, 3.8) is 0 Å². The first-order valence-corrected chi connectivity index (χ1v) is 5.62. The molecule has 5 heteroatoms. The Balaban J connectivity index is 2.44. The van der Waals surface area contributed by atoms with Crippen molar-refractivity contribution in [1.82, 2.24) is 10.2 Å². The highest BCUT2D eigenvalue weighted by Crippen LogP contribution is 2.21. The molecular formula is C11H18ClN3O. The van der Waals surface area contributed by atoms with Crippen molar-refractivity contribution in [1.29, 1.82) is 0 Å². The second kappa shape index (κ2) is 6.01. The minimum absolute atomic E-state index is 0.172. The van der Waals surface area contributed by atoms with E-state index in [0.717, 1.165) is 25.3 Å². The van der Waals surface area contributed by atoms with E-state index >= 15 is 0 Å². The predicted octanol–water partition coefficient (Wildman–Crippen LogP) is 2.60. The smallest absolute Gasteiger partial charge is 0.153 e. The monoisotopic (exact) mass is 243 g/mol. The van der Waals surface area contributed by atoms with Crippen molar-refractivity contribution in [2.24, 2.45) is 5.41 Å². The SMILES string of the molecule is COCCC(C)(C)CNc1cnnc(Cl)c1. The molecule has 1 aromatic heterocycles. The van der Waals surface area contributed by atoms with Gasteiger partial charge in [-0.3, -0.25) is 0 Å². The van der Waals surface area contributed by atoms with Crippen molar-refractivity contribution in [2.75, 3.05) is 25.6 Å². The maximum Gasteiger partial charge on any atom is 0.153 e. The van der Waals surface area contributed by atoms with E-state index in [1.165, 1.54) is 0 Å². The van der Waals surface area contributed by atoms with Crippen molar-refractivity contribution < 1.29 is 4.74 Å². The van der Waals surface area contributed by atoms with Crippen LogP contribution in [0.4, 0.5) is 5.69 Å². The van der Waals surface area contributed by atoms with Gasteiger partial charge in [-0.1, -0.05) is 25.4 Å². The quantitative estimate of drug-likeness (QED) is 0.834. The summed E-state index contributed by atoms with van der Waals surface area (Å²) >= 11 is 5.74. The summed E-state index contributed by atoms with van der Waals surface area (Å²) in [6.07, 6.45) is 2.67. The van der Waals surface area contributed by atoms with E-state index in [-0.39, 0.29) is 5.41 Å². The van der Waals surface area contributed by atoms with Crippen LogP contribution in [0.5, 0.6) is 0 Å². The third kappa shape index (κ3) is 4.77. The Morgan fingerprint density at radius 3 is 2.88 bits per heavy atom. The van der Waals surface area contributed by atoms with Crippen LogP contribution in [0.25, 0.3) is 0 Å². The summed E-state index contributed by atoms with van der Waals surface area (Å²) < 4.78 is 5.08. The highest BCUT2D eigenvalue weighted by atomic mass is 35.5. The molecule has 0 aliphatic heterocycles. The molecule has 0 radical (unpaired) electrons. The number of anilines is 1. The Hall–Kier alpha value is -0.870. The molecule has 16 heavy (non-hydrogen) atoms. The van der Waals surface area contributed by atoms with Gasteiger partial charge in [0.05, 0.1) is 11.9 Å². The molecule has 0 saturated carbocycles. The van der Waals surface area contributed by atoms with Crippen molar-refractivity contribution in [2.45, 2.75) is 20.3 Å². The molecule has 0 fully saturated rings. The molecule has 1 heterocycles. The third-order valence-electron chi connectivity index (χ3n) is 2.38. The summed E-state index contributed by atoms with van der Waals surface area (Å²) in [5.74, 6) is 0. The lowest BCUT2D eigenvalue weighted by Crippen LogP contribution is -2.24. The van der Waals surface area contributed by atoms with Crippen LogP contribution < -0.4 is 5.32 Å². The molecule has 0 bridgehead atoms. The van der Waals surface area contributed by atoms with Crippen molar-refractivity contribution >= 4 is 17.3 Å². The number of aromatic nitrogens is 2. The average Bonchev–Trinajstić information content (AvgIpc) is 2.24. The third-order valence-corrected chi connectivity index (χ3v) is 2.56. The maximum atomic E-state index is 5.74. The average molecular weight is 244 g/mol. The predicted molar refractivity (Wildman–Crippen MR) is 65.8 cm³/mol. The van der Waals surface area contributed by atoms with E-state index in [2.05, 4.69) is 29.4 Å². The molecule has 0 aliphatic carbocycles. The molecule has 0 saturated heterocycles. The Morgan fingerprint density at radius 2 is 2.25 bits per heavy atom. The molecule has 0 aliphatic rings. The van der Waals surface area contributed by atoms with Crippen LogP contribution in [-0.4, -0.2) is 30.5 Å². The second-order valence-electron chi connectivity index (χ2n) is 4.53. The normalized spacial score (nSPS) is 11.5. The summed E-state index contributed by atoms with van der Waals surface area (Å²) in [5.41, 5.74) is 1.07. The number of ether oxygens (including phenoxy) is 1. The number of rotatable bonds is 6. The molecule has 0 unspecified atom stereocenters. The fourth-order valence-corrected chi connectivity index (χ4v) is 1.41. The minimum Gasteiger partial charge on any atom is -0.385 e. The Kier molecular flexibility index (Phi) is 4.96. The molecule has 1 aromatic rings. The van der Waals surface area contributed by atoms with Crippen LogP contribution in [-0.2, 0) is 4.74 Å². The van der Waals surface area contributed by atoms with Crippen LogP contribution in [0.2, 0.25) is 5.15 Å². The molecule has 1 rings (SSSR count). The Morgan fingerprint density at radius 1 is 1.50 bits per heavy atom. The zero-order valence-electron chi connectivity index (χ0n) is 9.96. The molecule has 0 atom stereocenters. The number of hydrogen-bond acceptors (Lipinski definition) is 4. The molecule has 1 N–H and O–H groups in total. The van der Waals surface area contributed by atoms with Gasteiger partial charge in [0.1, 0.15) is 0 Å². The largest absolute Gasteiger partial charge is 0.385 e. The number of nitrogens with zero attached hydrogens (tertiary/aromatic N) is 2. The lowest BCUT2D eigenvalue weighted by molar-refractivity contribution is 0.157. The van der Waals surface area contributed by atoms with E-state index in [9.17, 15) is 0 Å². The van der Waals surface area contributed by atoms with Crippen LogP contribution in [0.3, 0.4) is 0 Å². The minimum atomic E-state index is 0.172. The van der Waals surface area contributed by atoms with Gasteiger partial charge in [0, 0.05) is 26.3 Å². The van der Waals surface area contributed by atoms with Crippen LogP contribution in [0.15, 0.2) is 12.3 Å². The lowest BCUT2D eigenvalue weighted by atomic mass is 9.89. The maximum absolute atomic E-state index is 5.74. The molecule has 0 aromatic carbocycles. The highest BCUT2D eigenvalue weighted by Gasteiger charge is 2.17. The second-order valence-corrected chi connectivity index (χ2v) is 4.91. The Labute approximate surface area is 101 Å². The van der Waals surface area contributed by atoms with Gasteiger partial charge in [-0.05, 0) is 11.8 Å². The van der Waals surface area contributed by atoms with E-state index in [1.54, 1.807) is 19.4 Å². The summed E-state index contributed by atoms with van der Waals surface area (Å²) in [6.45, 7) is 5.99. The van der Waals surface area contributed by atoms with Gasteiger partial charge in [0.25, 0.3) is 0 Å². The van der Waals surface area contributed by atoms with Crippen molar-refractivity contribution in [3.8, 4) is 0 Å². The van der Waals surface area contributed by atoms with Gasteiger partial charge in [-0.15, -0.1) is 5.10 Å². The number of nitrogens with one attached hydrogen (secondary N) is 1. The van der Waals surface area contributed by atoms with Crippen LogP contribution in [0.1, 0.15) is 20.3 Å². The first-order chi connectivity index (χ1) is 7.53.